The SMILES string of the molecule is CCCCCCCCC(O)(CN)c1ccccc1. The molecule has 0 saturated heterocycles. The molecule has 0 aliphatic heterocycles. The summed E-state index contributed by atoms with van der Waals surface area (Å²) >= 11 is 0. The molecule has 0 aromatic heterocycles. The largest absolute Gasteiger partial charge is 0.384 e. The van der Waals surface area contributed by atoms with E-state index in [1.54, 1.807) is 0 Å². The first-order chi connectivity index (χ1) is 8.73. The molecule has 1 rings (SSSR count). The van der Waals surface area contributed by atoms with Crippen LogP contribution in [0.1, 0.15) is 57.4 Å². The number of rotatable bonds is 9. The lowest BCUT2D eigenvalue weighted by Gasteiger charge is -2.27. The van der Waals surface area contributed by atoms with Gasteiger partial charge in [0.05, 0.1) is 0 Å². The lowest BCUT2D eigenvalue weighted by molar-refractivity contribution is 0.0339. The second-order valence-corrected chi connectivity index (χ2v) is 5.12. The van der Waals surface area contributed by atoms with E-state index in [-0.39, 0.29) is 0 Å². The molecule has 102 valence electrons. The van der Waals surface area contributed by atoms with Crippen molar-refractivity contribution in [2.45, 2.75) is 57.5 Å². The minimum atomic E-state index is -0.841. The minimum absolute atomic E-state index is 0.298. The fraction of sp³-hybridized carbons (Fsp3) is 0.625. The van der Waals surface area contributed by atoms with Crippen LogP contribution in [0.3, 0.4) is 0 Å². The zero-order chi connectivity index (χ0) is 13.3. The Balaban J connectivity index is 2.37. The van der Waals surface area contributed by atoms with E-state index in [0.29, 0.717) is 6.54 Å². The summed E-state index contributed by atoms with van der Waals surface area (Å²) in [5.74, 6) is 0. The Bertz CT molecular complexity index is 312. The third kappa shape index (κ3) is 4.79. The highest BCUT2D eigenvalue weighted by Crippen LogP contribution is 2.26. The average Bonchev–Trinajstić information content (AvgIpc) is 2.43. The molecule has 0 aliphatic carbocycles. The van der Waals surface area contributed by atoms with Crippen LogP contribution in [0.4, 0.5) is 0 Å². The summed E-state index contributed by atoms with van der Waals surface area (Å²) in [6.07, 6.45) is 8.17. The molecule has 2 nitrogen and oxygen atoms in total. The molecular formula is C16H27NO. The number of nitrogens with two attached hydrogens (primary N) is 1. The predicted octanol–water partition coefficient (Wildman–Crippen LogP) is 3.58. The summed E-state index contributed by atoms with van der Waals surface area (Å²) in [5, 5.41) is 10.6. The fourth-order valence-electron chi connectivity index (χ4n) is 2.31. The molecule has 0 saturated carbocycles. The number of unbranched alkanes of at least 4 members (excludes halogenated alkanes) is 5. The highest BCUT2D eigenvalue weighted by molar-refractivity contribution is 5.22. The van der Waals surface area contributed by atoms with Gasteiger partial charge in [0.2, 0.25) is 0 Å². The first kappa shape index (κ1) is 15.2. The minimum Gasteiger partial charge on any atom is -0.384 e. The van der Waals surface area contributed by atoms with Crippen LogP contribution >= 0.6 is 0 Å². The predicted molar refractivity (Wildman–Crippen MR) is 77.4 cm³/mol. The van der Waals surface area contributed by atoms with E-state index >= 15 is 0 Å². The Kier molecular flexibility index (Phi) is 6.99. The Hall–Kier alpha value is -0.860. The van der Waals surface area contributed by atoms with Crippen molar-refractivity contribution in [3.05, 3.63) is 35.9 Å². The van der Waals surface area contributed by atoms with Crippen molar-refractivity contribution in [2.24, 2.45) is 5.73 Å². The maximum atomic E-state index is 10.6. The van der Waals surface area contributed by atoms with Gasteiger partial charge in [0, 0.05) is 6.54 Å². The van der Waals surface area contributed by atoms with E-state index < -0.39 is 5.60 Å². The van der Waals surface area contributed by atoms with Crippen molar-refractivity contribution in [1.82, 2.24) is 0 Å². The third-order valence-electron chi connectivity index (χ3n) is 3.59. The second kappa shape index (κ2) is 8.28. The van der Waals surface area contributed by atoms with E-state index in [1.165, 1.54) is 32.1 Å². The van der Waals surface area contributed by atoms with Gasteiger partial charge in [-0.25, -0.2) is 0 Å². The van der Waals surface area contributed by atoms with Gasteiger partial charge >= 0.3 is 0 Å². The van der Waals surface area contributed by atoms with Crippen LogP contribution in [0.25, 0.3) is 0 Å². The van der Waals surface area contributed by atoms with Gasteiger partial charge in [-0.15, -0.1) is 0 Å². The normalized spacial score (nSPS) is 14.4. The molecule has 0 bridgehead atoms. The molecule has 0 amide bonds. The molecule has 1 atom stereocenters. The molecule has 3 N–H and O–H groups in total. The molecular weight excluding hydrogens is 222 g/mol. The van der Waals surface area contributed by atoms with Crippen molar-refractivity contribution in [2.75, 3.05) is 6.54 Å². The van der Waals surface area contributed by atoms with Gasteiger partial charge in [0.25, 0.3) is 0 Å². The first-order valence-corrected chi connectivity index (χ1v) is 7.21. The lowest BCUT2D eigenvalue weighted by atomic mass is 9.88. The Labute approximate surface area is 111 Å². The Morgan fingerprint density at radius 3 is 2.22 bits per heavy atom. The maximum Gasteiger partial charge on any atom is 0.102 e. The summed E-state index contributed by atoms with van der Waals surface area (Å²) in [6.45, 7) is 2.52. The van der Waals surface area contributed by atoms with Gasteiger partial charge < -0.3 is 10.8 Å². The lowest BCUT2D eigenvalue weighted by Crippen LogP contribution is -2.34. The topological polar surface area (TPSA) is 46.2 Å². The third-order valence-corrected chi connectivity index (χ3v) is 3.59. The Morgan fingerprint density at radius 2 is 1.61 bits per heavy atom. The molecule has 18 heavy (non-hydrogen) atoms. The van der Waals surface area contributed by atoms with Gasteiger partial charge in [0.1, 0.15) is 5.60 Å². The zero-order valence-corrected chi connectivity index (χ0v) is 11.6. The average molecular weight is 249 g/mol. The van der Waals surface area contributed by atoms with Crippen LogP contribution in [-0.4, -0.2) is 11.7 Å². The second-order valence-electron chi connectivity index (χ2n) is 5.12. The summed E-state index contributed by atoms with van der Waals surface area (Å²) in [6, 6.07) is 9.80. The molecule has 0 fully saturated rings. The quantitative estimate of drug-likeness (QED) is 0.657. The molecule has 2 heteroatoms. The van der Waals surface area contributed by atoms with Gasteiger partial charge in [-0.3, -0.25) is 0 Å². The van der Waals surface area contributed by atoms with E-state index in [2.05, 4.69) is 6.92 Å². The van der Waals surface area contributed by atoms with Crippen molar-refractivity contribution in [1.29, 1.82) is 0 Å². The van der Waals surface area contributed by atoms with Crippen LogP contribution in [0.5, 0.6) is 0 Å². The van der Waals surface area contributed by atoms with Crippen LogP contribution in [0, 0.1) is 0 Å². The van der Waals surface area contributed by atoms with Crippen LogP contribution in [-0.2, 0) is 5.60 Å². The summed E-state index contributed by atoms with van der Waals surface area (Å²) in [5.41, 5.74) is 5.86. The highest BCUT2D eigenvalue weighted by Gasteiger charge is 2.26. The number of aliphatic hydroxyl groups is 1. The van der Waals surface area contributed by atoms with E-state index in [4.69, 9.17) is 5.73 Å². The molecule has 0 heterocycles. The standard InChI is InChI=1S/C16H27NO/c1-2-3-4-5-6-10-13-16(18,14-17)15-11-8-7-9-12-15/h7-9,11-12,18H,2-6,10,13-14,17H2,1H3. The van der Waals surface area contributed by atoms with Crippen molar-refractivity contribution < 1.29 is 5.11 Å². The van der Waals surface area contributed by atoms with Crippen LogP contribution < -0.4 is 5.73 Å². The monoisotopic (exact) mass is 249 g/mol. The first-order valence-electron chi connectivity index (χ1n) is 7.21. The smallest absolute Gasteiger partial charge is 0.102 e. The van der Waals surface area contributed by atoms with E-state index in [0.717, 1.165) is 18.4 Å². The zero-order valence-electron chi connectivity index (χ0n) is 11.6. The Morgan fingerprint density at radius 1 is 1.00 bits per heavy atom. The van der Waals surface area contributed by atoms with E-state index in [9.17, 15) is 5.11 Å². The molecule has 1 aromatic rings. The van der Waals surface area contributed by atoms with Crippen molar-refractivity contribution >= 4 is 0 Å². The van der Waals surface area contributed by atoms with Gasteiger partial charge in [-0.1, -0.05) is 75.8 Å². The molecule has 0 aliphatic rings. The van der Waals surface area contributed by atoms with Gasteiger partial charge in [-0.05, 0) is 12.0 Å². The van der Waals surface area contributed by atoms with Crippen LogP contribution in [0.15, 0.2) is 30.3 Å². The van der Waals surface area contributed by atoms with Crippen molar-refractivity contribution in [3.63, 3.8) is 0 Å². The van der Waals surface area contributed by atoms with Gasteiger partial charge in [-0.2, -0.15) is 0 Å². The number of hydrogen-bond donors (Lipinski definition) is 2. The summed E-state index contributed by atoms with van der Waals surface area (Å²) < 4.78 is 0. The van der Waals surface area contributed by atoms with Crippen LogP contribution in [0.2, 0.25) is 0 Å². The summed E-state index contributed by atoms with van der Waals surface area (Å²) in [7, 11) is 0. The maximum absolute atomic E-state index is 10.6. The van der Waals surface area contributed by atoms with Crippen molar-refractivity contribution in [3.8, 4) is 0 Å². The van der Waals surface area contributed by atoms with E-state index in [1.807, 2.05) is 30.3 Å². The summed E-state index contributed by atoms with van der Waals surface area (Å²) in [4.78, 5) is 0. The molecule has 0 radical (unpaired) electrons. The number of hydrogen-bond acceptors (Lipinski definition) is 2. The highest BCUT2D eigenvalue weighted by atomic mass is 16.3. The molecule has 1 unspecified atom stereocenters. The molecule has 0 spiro atoms. The fourth-order valence-corrected chi connectivity index (χ4v) is 2.31. The number of benzene rings is 1. The van der Waals surface area contributed by atoms with Gasteiger partial charge in [0.15, 0.2) is 0 Å². The molecule has 1 aromatic carbocycles.